The van der Waals surface area contributed by atoms with Gasteiger partial charge in [0.15, 0.2) is 0 Å². The molecule has 164 valence electrons. The lowest BCUT2D eigenvalue weighted by Gasteiger charge is -2.40. The highest BCUT2D eigenvalue weighted by molar-refractivity contribution is 8.18. The lowest BCUT2D eigenvalue weighted by Crippen LogP contribution is -2.40. The van der Waals surface area contributed by atoms with Crippen LogP contribution in [-0.2, 0) is 21.3 Å². The summed E-state index contributed by atoms with van der Waals surface area (Å²) in [4.78, 5) is 27.7. The molecule has 2 aliphatic heterocycles. The molecule has 4 rings (SSSR count). The molecule has 1 saturated heterocycles. The molecule has 2 aromatic carbocycles. The maximum atomic E-state index is 13.7. The Morgan fingerprint density at radius 2 is 1.84 bits per heavy atom. The Labute approximate surface area is 187 Å². The summed E-state index contributed by atoms with van der Waals surface area (Å²) in [5, 5.41) is 0.912. The first kappa shape index (κ1) is 22.0. The molecule has 2 aromatic rings. The minimum Gasteiger partial charge on any atom is -0.462 e. The summed E-state index contributed by atoms with van der Waals surface area (Å²) in [5.74, 6) is -0.481. The van der Waals surface area contributed by atoms with Gasteiger partial charge in [0.25, 0.3) is 5.91 Å². The first-order valence-corrected chi connectivity index (χ1v) is 13.0. The third kappa shape index (κ3) is 3.78. The first-order valence-electron chi connectivity index (χ1n) is 10.2. The molecule has 1 atom stereocenters. The van der Waals surface area contributed by atoms with Gasteiger partial charge in [0, 0.05) is 38.2 Å². The van der Waals surface area contributed by atoms with E-state index in [1.54, 1.807) is 35.9 Å². The van der Waals surface area contributed by atoms with Crippen molar-refractivity contribution in [2.24, 2.45) is 0 Å². The molecule has 31 heavy (non-hydrogen) atoms. The molecule has 9 heteroatoms. The molecule has 0 saturated carbocycles. The molecule has 0 radical (unpaired) electrons. The van der Waals surface area contributed by atoms with Crippen molar-refractivity contribution in [3.05, 3.63) is 53.6 Å². The fourth-order valence-electron chi connectivity index (χ4n) is 3.90. The fraction of sp³-hybridized carbons (Fsp3) is 0.364. The summed E-state index contributed by atoms with van der Waals surface area (Å²) in [6, 6.07) is 12.9. The number of esters is 1. The van der Waals surface area contributed by atoms with Crippen molar-refractivity contribution in [3.8, 4) is 0 Å². The van der Waals surface area contributed by atoms with Crippen LogP contribution in [0.4, 0.5) is 11.4 Å². The van der Waals surface area contributed by atoms with Crippen LogP contribution in [0.25, 0.3) is 0 Å². The van der Waals surface area contributed by atoms with Crippen LogP contribution in [0.1, 0.15) is 27.6 Å². The Bertz CT molecular complexity index is 1050. The Morgan fingerprint density at radius 3 is 2.45 bits per heavy atom. The van der Waals surface area contributed by atoms with Gasteiger partial charge in [-0.2, -0.15) is 0 Å². The van der Waals surface area contributed by atoms with Crippen molar-refractivity contribution >= 4 is 46.7 Å². The van der Waals surface area contributed by atoms with Crippen molar-refractivity contribution in [3.63, 3.8) is 0 Å². The van der Waals surface area contributed by atoms with E-state index in [9.17, 15) is 9.59 Å². The van der Waals surface area contributed by atoms with Crippen molar-refractivity contribution < 1.29 is 19.1 Å². The summed E-state index contributed by atoms with van der Waals surface area (Å²) in [6.45, 7) is 4.62. The topological polar surface area (TPSA) is 62.3 Å². The highest BCUT2D eigenvalue weighted by atomic mass is 32.4. The summed E-state index contributed by atoms with van der Waals surface area (Å²) >= 11 is 6.34. The molecule has 0 aliphatic carbocycles. The molecule has 0 bridgehead atoms. The number of carbonyl (C=O) groups is 2. The molecule has 0 unspecified atom stereocenters. The molecule has 1 amide bonds. The smallest absolute Gasteiger partial charge is 0.338 e. The number of rotatable bonds is 5. The first-order chi connectivity index (χ1) is 14.9. The van der Waals surface area contributed by atoms with E-state index in [1.165, 1.54) is 0 Å². The van der Waals surface area contributed by atoms with Gasteiger partial charge in [0.05, 0.1) is 36.6 Å². The summed E-state index contributed by atoms with van der Waals surface area (Å²) in [5.41, 5.74) is 2.74. The SMILES string of the molecule is CCOC(=O)c1ccc(N2C(=O)c3cc(N(C)C)ccc3[P@]2(=S)N2CCOCC2)cc1. The minimum atomic E-state index is -2.59. The van der Waals surface area contributed by atoms with Gasteiger partial charge in [0.1, 0.15) is 6.34 Å². The number of hydrogen-bond acceptors (Lipinski definition) is 6. The van der Waals surface area contributed by atoms with Gasteiger partial charge in [-0.05, 0) is 49.4 Å². The van der Waals surface area contributed by atoms with Gasteiger partial charge in [-0.25, -0.2) is 4.79 Å². The number of benzene rings is 2. The number of hydrogen-bond donors (Lipinski definition) is 0. The normalized spacial score (nSPS) is 21.1. The minimum absolute atomic E-state index is 0.0996. The number of morpholine rings is 1. The van der Waals surface area contributed by atoms with Crippen LogP contribution in [0.5, 0.6) is 0 Å². The van der Waals surface area contributed by atoms with E-state index in [1.807, 2.05) is 37.2 Å². The number of amides is 1. The van der Waals surface area contributed by atoms with Crippen molar-refractivity contribution in [1.82, 2.24) is 4.67 Å². The standard InChI is InChI=1S/C22H26N3O4PS/c1-4-29-22(27)16-5-7-17(8-6-16)25-21(26)19-15-18(23(2)3)9-10-20(19)30(25,31)24-11-13-28-14-12-24/h5-10,15H,4,11-14H2,1-3H3/t30-/m0/s1. The highest BCUT2D eigenvalue weighted by Crippen LogP contribution is 2.59. The molecule has 0 spiro atoms. The molecular weight excluding hydrogens is 433 g/mol. The monoisotopic (exact) mass is 459 g/mol. The quantitative estimate of drug-likeness (QED) is 0.503. The number of nitrogens with zero attached hydrogens (tertiary/aromatic N) is 3. The van der Waals surface area contributed by atoms with Crippen molar-refractivity contribution in [2.75, 3.05) is 56.6 Å². The van der Waals surface area contributed by atoms with Gasteiger partial charge in [-0.15, -0.1) is 0 Å². The Kier molecular flexibility index (Phi) is 6.17. The van der Waals surface area contributed by atoms with Gasteiger partial charge in [-0.1, -0.05) is 11.8 Å². The fourth-order valence-corrected chi connectivity index (χ4v) is 8.40. The van der Waals surface area contributed by atoms with Gasteiger partial charge >= 0.3 is 5.97 Å². The van der Waals surface area contributed by atoms with Crippen LogP contribution in [0.2, 0.25) is 0 Å². The number of carbonyl (C=O) groups excluding carboxylic acids is 2. The van der Waals surface area contributed by atoms with Gasteiger partial charge in [-0.3, -0.25) is 14.1 Å². The van der Waals surface area contributed by atoms with E-state index in [0.29, 0.717) is 49.7 Å². The third-order valence-electron chi connectivity index (χ3n) is 5.50. The molecule has 0 N–H and O–H groups in total. The lowest BCUT2D eigenvalue weighted by atomic mass is 10.1. The largest absolute Gasteiger partial charge is 0.462 e. The Morgan fingerprint density at radius 1 is 1.16 bits per heavy atom. The molecule has 2 aliphatic rings. The zero-order chi connectivity index (χ0) is 22.2. The van der Waals surface area contributed by atoms with Crippen LogP contribution in [0.3, 0.4) is 0 Å². The zero-order valence-electron chi connectivity index (χ0n) is 17.9. The molecular formula is C22H26N3O4PS. The van der Waals surface area contributed by atoms with E-state index >= 15 is 0 Å². The molecule has 1 fully saturated rings. The van der Waals surface area contributed by atoms with Crippen molar-refractivity contribution in [1.29, 1.82) is 0 Å². The second-order valence-electron chi connectivity index (χ2n) is 7.59. The Balaban J connectivity index is 1.80. The van der Waals surface area contributed by atoms with E-state index in [2.05, 4.69) is 4.67 Å². The second-order valence-corrected chi connectivity index (χ2v) is 11.7. The molecule has 7 nitrogen and oxygen atoms in total. The van der Waals surface area contributed by atoms with Gasteiger partial charge in [0.2, 0.25) is 0 Å². The zero-order valence-corrected chi connectivity index (χ0v) is 19.6. The number of ether oxygens (including phenoxy) is 2. The number of anilines is 2. The average Bonchev–Trinajstić information content (AvgIpc) is 3.02. The van der Waals surface area contributed by atoms with Gasteiger partial charge < -0.3 is 14.4 Å². The van der Waals surface area contributed by atoms with Crippen molar-refractivity contribution in [2.45, 2.75) is 6.92 Å². The van der Waals surface area contributed by atoms with Crippen LogP contribution < -0.4 is 14.9 Å². The van der Waals surface area contributed by atoms with Crippen LogP contribution in [-0.4, -0.2) is 63.6 Å². The summed E-state index contributed by atoms with van der Waals surface area (Å²) < 4.78 is 14.6. The highest BCUT2D eigenvalue weighted by Gasteiger charge is 2.47. The number of fused-ring (bicyclic) bond motifs is 1. The van der Waals surface area contributed by atoms with E-state index in [0.717, 1.165) is 11.0 Å². The summed E-state index contributed by atoms with van der Waals surface area (Å²) in [7, 11) is 3.90. The lowest BCUT2D eigenvalue weighted by molar-refractivity contribution is 0.0526. The maximum absolute atomic E-state index is 13.7. The predicted octanol–water partition coefficient (Wildman–Crippen LogP) is 2.86. The van der Waals surface area contributed by atoms with E-state index < -0.39 is 6.34 Å². The van der Waals surface area contributed by atoms with Crippen LogP contribution in [0.15, 0.2) is 42.5 Å². The van der Waals surface area contributed by atoms with Crippen LogP contribution >= 0.6 is 6.34 Å². The predicted molar refractivity (Wildman–Crippen MR) is 126 cm³/mol. The second kappa shape index (κ2) is 8.71. The summed E-state index contributed by atoms with van der Waals surface area (Å²) in [6.07, 6.45) is -2.59. The van der Waals surface area contributed by atoms with Crippen LogP contribution in [0, 0.1) is 0 Å². The van der Waals surface area contributed by atoms with E-state index in [-0.39, 0.29) is 11.9 Å². The van der Waals surface area contributed by atoms with E-state index in [4.69, 9.17) is 21.3 Å². The maximum Gasteiger partial charge on any atom is 0.338 e. The molecule has 2 heterocycles. The Hall–Kier alpha value is -2.25. The third-order valence-corrected chi connectivity index (χ3v) is 10.4. The average molecular weight is 460 g/mol. The molecule has 0 aromatic heterocycles.